The van der Waals surface area contributed by atoms with Crippen molar-refractivity contribution in [3.8, 4) is 11.1 Å². The van der Waals surface area contributed by atoms with Gasteiger partial charge in [0.05, 0.1) is 0 Å². The zero-order valence-electron chi connectivity index (χ0n) is 9.12. The summed E-state index contributed by atoms with van der Waals surface area (Å²) in [6.07, 6.45) is 0. The summed E-state index contributed by atoms with van der Waals surface area (Å²) < 4.78 is 0. The second-order valence-electron chi connectivity index (χ2n) is 3.96. The molecule has 2 N–H and O–H groups in total. The lowest BCUT2D eigenvalue weighted by Gasteiger charge is -2.07. The number of aryl methyl sites for hydroxylation is 2. The van der Waals surface area contributed by atoms with E-state index in [1.54, 1.807) is 0 Å². The quantitative estimate of drug-likeness (QED) is 0.695. The van der Waals surface area contributed by atoms with E-state index >= 15 is 0 Å². The first-order valence-electron chi connectivity index (χ1n) is 5.10. The Morgan fingerprint density at radius 1 is 0.867 bits per heavy atom. The Bertz CT molecular complexity index is 466. The molecule has 0 aliphatic rings. The number of rotatable bonds is 1. The normalized spacial score (nSPS) is 10.3. The Morgan fingerprint density at radius 2 is 1.47 bits per heavy atom. The van der Waals surface area contributed by atoms with Gasteiger partial charge in [0, 0.05) is 11.3 Å². The van der Waals surface area contributed by atoms with E-state index in [9.17, 15) is 0 Å². The minimum absolute atomic E-state index is 0.836. The molecule has 0 fully saturated rings. The Labute approximate surface area is 90.6 Å². The van der Waals surface area contributed by atoms with E-state index in [-0.39, 0.29) is 0 Å². The van der Waals surface area contributed by atoms with Gasteiger partial charge in [-0.05, 0) is 25.5 Å². The van der Waals surface area contributed by atoms with Crippen molar-refractivity contribution in [1.29, 1.82) is 0 Å². The molecule has 2 aromatic rings. The van der Waals surface area contributed by atoms with Crippen molar-refractivity contribution in [3.05, 3.63) is 53.6 Å². The standard InChI is InChI=1S/C14H15N/c1-10-7-11(2)9-12(8-10)13-5-3-4-6-14(13)15/h3-9H,15H2,1-2H3. The van der Waals surface area contributed by atoms with Crippen LogP contribution in [0.15, 0.2) is 42.5 Å². The molecule has 0 heterocycles. The van der Waals surface area contributed by atoms with Crippen molar-refractivity contribution in [2.45, 2.75) is 13.8 Å². The van der Waals surface area contributed by atoms with Crippen LogP contribution in [-0.2, 0) is 0 Å². The smallest absolute Gasteiger partial charge is 0.0393 e. The number of anilines is 1. The van der Waals surface area contributed by atoms with Gasteiger partial charge in [-0.3, -0.25) is 0 Å². The highest BCUT2D eigenvalue weighted by Gasteiger charge is 2.02. The molecular weight excluding hydrogens is 182 g/mol. The number of benzene rings is 2. The second kappa shape index (κ2) is 3.77. The summed E-state index contributed by atoms with van der Waals surface area (Å²) in [4.78, 5) is 0. The maximum atomic E-state index is 5.95. The van der Waals surface area contributed by atoms with Crippen LogP contribution in [0.3, 0.4) is 0 Å². The SMILES string of the molecule is Cc1cc(C)cc(-c2ccccc2N)c1. The van der Waals surface area contributed by atoms with Crippen LogP contribution in [0.1, 0.15) is 11.1 Å². The topological polar surface area (TPSA) is 26.0 Å². The summed E-state index contributed by atoms with van der Waals surface area (Å²) in [7, 11) is 0. The highest BCUT2D eigenvalue weighted by Crippen LogP contribution is 2.26. The van der Waals surface area contributed by atoms with Crippen LogP contribution in [0.5, 0.6) is 0 Å². The monoisotopic (exact) mass is 197 g/mol. The molecule has 0 bridgehead atoms. The van der Waals surface area contributed by atoms with Gasteiger partial charge in [0.2, 0.25) is 0 Å². The zero-order valence-corrected chi connectivity index (χ0v) is 9.12. The molecule has 0 aliphatic heterocycles. The van der Waals surface area contributed by atoms with Gasteiger partial charge in [-0.25, -0.2) is 0 Å². The Hall–Kier alpha value is -1.76. The van der Waals surface area contributed by atoms with E-state index in [4.69, 9.17) is 5.73 Å². The fourth-order valence-corrected chi connectivity index (χ4v) is 1.89. The summed E-state index contributed by atoms with van der Waals surface area (Å²) in [5.74, 6) is 0. The molecule has 76 valence electrons. The van der Waals surface area contributed by atoms with Crippen molar-refractivity contribution in [3.63, 3.8) is 0 Å². The van der Waals surface area contributed by atoms with Gasteiger partial charge in [-0.2, -0.15) is 0 Å². The average Bonchev–Trinajstić information content (AvgIpc) is 2.16. The van der Waals surface area contributed by atoms with E-state index in [1.165, 1.54) is 16.7 Å². The largest absolute Gasteiger partial charge is 0.398 e. The number of hydrogen-bond donors (Lipinski definition) is 1. The summed E-state index contributed by atoms with van der Waals surface area (Å²) in [5, 5.41) is 0. The lowest BCUT2D eigenvalue weighted by molar-refractivity contribution is 1.38. The molecule has 0 saturated heterocycles. The van der Waals surface area contributed by atoms with Crippen molar-refractivity contribution < 1.29 is 0 Å². The second-order valence-corrected chi connectivity index (χ2v) is 3.96. The Kier molecular flexibility index (Phi) is 2.46. The number of nitrogens with two attached hydrogens (primary N) is 1. The lowest BCUT2D eigenvalue weighted by atomic mass is 10.00. The van der Waals surface area contributed by atoms with Gasteiger partial charge in [-0.15, -0.1) is 0 Å². The highest BCUT2D eigenvalue weighted by atomic mass is 14.6. The van der Waals surface area contributed by atoms with E-state index in [0.29, 0.717) is 0 Å². The van der Waals surface area contributed by atoms with E-state index < -0.39 is 0 Å². The van der Waals surface area contributed by atoms with Gasteiger partial charge in [0.25, 0.3) is 0 Å². The molecule has 0 aromatic heterocycles. The summed E-state index contributed by atoms with van der Waals surface area (Å²) in [6, 6.07) is 14.5. The van der Waals surface area contributed by atoms with Crippen molar-refractivity contribution in [2.75, 3.05) is 5.73 Å². The molecule has 2 aromatic carbocycles. The van der Waals surface area contributed by atoms with Gasteiger partial charge >= 0.3 is 0 Å². The average molecular weight is 197 g/mol. The molecular formula is C14H15N. The molecule has 0 radical (unpaired) electrons. The molecule has 0 atom stereocenters. The third-order valence-electron chi connectivity index (χ3n) is 2.49. The van der Waals surface area contributed by atoms with Gasteiger partial charge in [-0.1, -0.05) is 47.5 Å². The highest BCUT2D eigenvalue weighted by molar-refractivity contribution is 5.76. The number of hydrogen-bond acceptors (Lipinski definition) is 1. The molecule has 1 heteroatoms. The van der Waals surface area contributed by atoms with Gasteiger partial charge < -0.3 is 5.73 Å². The first kappa shape index (κ1) is 9.78. The van der Waals surface area contributed by atoms with E-state index in [0.717, 1.165) is 11.3 Å². The predicted molar refractivity (Wildman–Crippen MR) is 65.8 cm³/mol. The van der Waals surface area contributed by atoms with Crippen LogP contribution in [0.2, 0.25) is 0 Å². The first-order valence-corrected chi connectivity index (χ1v) is 5.10. The lowest BCUT2D eigenvalue weighted by Crippen LogP contribution is -1.90. The van der Waals surface area contributed by atoms with Crippen LogP contribution in [0.25, 0.3) is 11.1 Å². The molecule has 15 heavy (non-hydrogen) atoms. The Morgan fingerprint density at radius 3 is 2.07 bits per heavy atom. The molecule has 0 saturated carbocycles. The zero-order chi connectivity index (χ0) is 10.8. The maximum Gasteiger partial charge on any atom is 0.0393 e. The molecule has 1 nitrogen and oxygen atoms in total. The molecule has 2 rings (SSSR count). The fraction of sp³-hybridized carbons (Fsp3) is 0.143. The molecule has 0 unspecified atom stereocenters. The van der Waals surface area contributed by atoms with E-state index in [2.05, 4.69) is 38.1 Å². The van der Waals surface area contributed by atoms with Crippen LogP contribution < -0.4 is 5.73 Å². The van der Waals surface area contributed by atoms with Crippen molar-refractivity contribution >= 4 is 5.69 Å². The molecule has 0 aliphatic carbocycles. The van der Waals surface area contributed by atoms with Crippen LogP contribution in [-0.4, -0.2) is 0 Å². The fourth-order valence-electron chi connectivity index (χ4n) is 1.89. The number of para-hydroxylation sites is 1. The van der Waals surface area contributed by atoms with Crippen molar-refractivity contribution in [1.82, 2.24) is 0 Å². The maximum absolute atomic E-state index is 5.95. The van der Waals surface area contributed by atoms with Gasteiger partial charge in [0.1, 0.15) is 0 Å². The molecule has 0 spiro atoms. The minimum Gasteiger partial charge on any atom is -0.398 e. The predicted octanol–water partition coefficient (Wildman–Crippen LogP) is 3.55. The van der Waals surface area contributed by atoms with E-state index in [1.807, 2.05) is 18.2 Å². The summed E-state index contributed by atoms with van der Waals surface area (Å²) in [6.45, 7) is 4.21. The molecule has 0 amide bonds. The minimum atomic E-state index is 0.836. The van der Waals surface area contributed by atoms with Crippen molar-refractivity contribution in [2.24, 2.45) is 0 Å². The Balaban J connectivity index is 2.59. The third kappa shape index (κ3) is 2.01. The van der Waals surface area contributed by atoms with Crippen LogP contribution >= 0.6 is 0 Å². The third-order valence-corrected chi connectivity index (χ3v) is 2.49. The first-order chi connectivity index (χ1) is 7.16. The van der Waals surface area contributed by atoms with Gasteiger partial charge in [0.15, 0.2) is 0 Å². The van der Waals surface area contributed by atoms with Crippen LogP contribution in [0, 0.1) is 13.8 Å². The number of nitrogen functional groups attached to an aromatic ring is 1. The summed E-state index contributed by atoms with van der Waals surface area (Å²) in [5.41, 5.74) is 11.6. The summed E-state index contributed by atoms with van der Waals surface area (Å²) >= 11 is 0. The van der Waals surface area contributed by atoms with Crippen LogP contribution in [0.4, 0.5) is 5.69 Å².